The standard InChI is InChI=1S/C22H21Cl2NO3/c1-25-19-3-2-13-21(25,14-12-19)28-20(26)22(27,15-4-8-17(23)9-5-15)16-6-10-18(24)11-7-16/h2,4-11,13,19,27H,3,12,14H2,1H3/t19-,21-/m1/s1. The number of carbonyl (C=O) groups is 1. The summed E-state index contributed by atoms with van der Waals surface area (Å²) >= 11 is 12.0. The van der Waals surface area contributed by atoms with Crippen LogP contribution in [-0.2, 0) is 15.1 Å². The van der Waals surface area contributed by atoms with E-state index in [1.165, 1.54) is 0 Å². The highest BCUT2D eigenvalue weighted by Gasteiger charge is 2.51. The van der Waals surface area contributed by atoms with Crippen molar-refractivity contribution in [3.63, 3.8) is 0 Å². The first-order chi connectivity index (χ1) is 13.3. The van der Waals surface area contributed by atoms with Gasteiger partial charge in [0, 0.05) is 22.5 Å². The Hall–Kier alpha value is -1.85. The van der Waals surface area contributed by atoms with Gasteiger partial charge in [0.2, 0.25) is 5.60 Å². The van der Waals surface area contributed by atoms with Crippen molar-refractivity contribution in [3.8, 4) is 0 Å². The molecule has 2 bridgehead atoms. The molecule has 4 nitrogen and oxygen atoms in total. The topological polar surface area (TPSA) is 49.8 Å². The highest BCUT2D eigenvalue weighted by molar-refractivity contribution is 6.30. The molecule has 1 saturated heterocycles. The minimum atomic E-state index is -1.98. The van der Waals surface area contributed by atoms with Crippen LogP contribution in [0.1, 0.15) is 30.4 Å². The molecule has 0 saturated carbocycles. The minimum absolute atomic E-state index is 0.344. The molecule has 146 valence electrons. The Labute approximate surface area is 174 Å². The molecule has 0 unspecified atom stereocenters. The van der Waals surface area contributed by atoms with Crippen LogP contribution in [-0.4, -0.2) is 34.8 Å². The third-order valence-corrected chi connectivity index (χ3v) is 6.36. The van der Waals surface area contributed by atoms with Crippen molar-refractivity contribution in [1.29, 1.82) is 0 Å². The lowest BCUT2D eigenvalue weighted by Crippen LogP contribution is -2.52. The van der Waals surface area contributed by atoms with Gasteiger partial charge in [-0.1, -0.05) is 53.5 Å². The van der Waals surface area contributed by atoms with Crippen LogP contribution in [0, 0.1) is 0 Å². The average Bonchev–Trinajstić information content (AvgIpc) is 2.86. The predicted octanol–water partition coefficient (Wildman–Crippen LogP) is 4.52. The predicted molar refractivity (Wildman–Crippen MR) is 109 cm³/mol. The molecular formula is C22H21Cl2NO3. The smallest absolute Gasteiger partial charge is 0.349 e. The number of rotatable bonds is 4. The lowest BCUT2D eigenvalue weighted by Gasteiger charge is -2.40. The second-order valence-electron chi connectivity index (χ2n) is 7.40. The Morgan fingerprint density at radius 2 is 1.64 bits per heavy atom. The van der Waals surface area contributed by atoms with E-state index in [9.17, 15) is 9.90 Å². The van der Waals surface area contributed by atoms with E-state index in [0.717, 1.165) is 12.8 Å². The maximum absolute atomic E-state index is 13.4. The second-order valence-corrected chi connectivity index (χ2v) is 8.27. The maximum atomic E-state index is 13.4. The molecule has 2 heterocycles. The monoisotopic (exact) mass is 417 g/mol. The van der Waals surface area contributed by atoms with Gasteiger partial charge in [-0.2, -0.15) is 0 Å². The van der Waals surface area contributed by atoms with Gasteiger partial charge in [0.25, 0.3) is 0 Å². The first-order valence-corrected chi connectivity index (χ1v) is 9.99. The van der Waals surface area contributed by atoms with Gasteiger partial charge >= 0.3 is 5.97 Å². The van der Waals surface area contributed by atoms with E-state index >= 15 is 0 Å². The number of nitrogens with zero attached hydrogens (tertiary/aromatic N) is 1. The molecule has 1 fully saturated rings. The minimum Gasteiger partial charge on any atom is -0.437 e. The summed E-state index contributed by atoms with van der Waals surface area (Å²) in [4.78, 5) is 15.5. The van der Waals surface area contributed by atoms with Crippen LogP contribution in [0.4, 0.5) is 0 Å². The van der Waals surface area contributed by atoms with E-state index < -0.39 is 17.3 Å². The second kappa shape index (κ2) is 7.20. The molecule has 2 aliphatic heterocycles. The molecule has 28 heavy (non-hydrogen) atoms. The van der Waals surface area contributed by atoms with E-state index in [1.54, 1.807) is 48.5 Å². The fraction of sp³-hybridized carbons (Fsp3) is 0.318. The number of hydrogen-bond donors (Lipinski definition) is 1. The van der Waals surface area contributed by atoms with Gasteiger partial charge in [-0.05, 0) is 61.4 Å². The third-order valence-electron chi connectivity index (χ3n) is 5.86. The van der Waals surface area contributed by atoms with Crippen LogP contribution in [0.5, 0.6) is 0 Å². The highest BCUT2D eigenvalue weighted by Crippen LogP contribution is 2.42. The van der Waals surface area contributed by atoms with Crippen molar-refractivity contribution in [2.24, 2.45) is 0 Å². The number of esters is 1. The molecule has 1 N–H and O–H groups in total. The molecule has 4 rings (SSSR count). The summed E-state index contributed by atoms with van der Waals surface area (Å²) in [5.74, 6) is -0.726. The Balaban J connectivity index is 1.76. The third kappa shape index (κ3) is 3.15. The van der Waals surface area contributed by atoms with Gasteiger partial charge in [-0.25, -0.2) is 4.79 Å². The van der Waals surface area contributed by atoms with Gasteiger partial charge in [-0.3, -0.25) is 4.90 Å². The zero-order chi connectivity index (χ0) is 19.9. The molecule has 2 aromatic carbocycles. The summed E-state index contributed by atoms with van der Waals surface area (Å²) < 4.78 is 6.00. The van der Waals surface area contributed by atoms with E-state index in [0.29, 0.717) is 33.6 Å². The molecule has 2 atom stereocenters. The average molecular weight is 418 g/mol. The van der Waals surface area contributed by atoms with Crippen LogP contribution >= 0.6 is 23.2 Å². The quantitative estimate of drug-likeness (QED) is 0.586. The fourth-order valence-corrected chi connectivity index (χ4v) is 4.37. The first kappa shape index (κ1) is 19.5. The molecule has 2 aliphatic rings. The van der Waals surface area contributed by atoms with Crippen LogP contribution in [0.15, 0.2) is 60.7 Å². The highest BCUT2D eigenvalue weighted by atomic mass is 35.5. The van der Waals surface area contributed by atoms with E-state index in [-0.39, 0.29) is 0 Å². The van der Waals surface area contributed by atoms with Gasteiger partial charge in [0.15, 0.2) is 5.72 Å². The largest absolute Gasteiger partial charge is 0.437 e. The Kier molecular flexibility index (Phi) is 5.00. The lowest BCUT2D eigenvalue weighted by molar-refractivity contribution is -0.187. The van der Waals surface area contributed by atoms with Crippen LogP contribution in [0.2, 0.25) is 10.0 Å². The fourth-order valence-electron chi connectivity index (χ4n) is 4.11. The van der Waals surface area contributed by atoms with Crippen molar-refractivity contribution >= 4 is 29.2 Å². The summed E-state index contributed by atoms with van der Waals surface area (Å²) in [6, 6.07) is 13.4. The van der Waals surface area contributed by atoms with Gasteiger partial charge in [-0.15, -0.1) is 0 Å². The van der Waals surface area contributed by atoms with Gasteiger partial charge in [0.1, 0.15) is 0 Å². The molecule has 0 amide bonds. The lowest BCUT2D eigenvalue weighted by atomic mass is 9.86. The molecular weight excluding hydrogens is 397 g/mol. The van der Waals surface area contributed by atoms with Crippen molar-refractivity contribution in [2.75, 3.05) is 7.05 Å². The zero-order valence-corrected chi connectivity index (χ0v) is 17.0. The van der Waals surface area contributed by atoms with E-state index in [2.05, 4.69) is 11.0 Å². The first-order valence-electron chi connectivity index (χ1n) is 9.24. The number of halogens is 2. The van der Waals surface area contributed by atoms with Crippen LogP contribution in [0.3, 0.4) is 0 Å². The summed E-state index contributed by atoms with van der Waals surface area (Å²) in [5, 5.41) is 12.7. The van der Waals surface area contributed by atoms with Gasteiger partial charge < -0.3 is 9.84 Å². The number of fused-ring (bicyclic) bond motifs is 2. The normalized spacial score (nSPS) is 24.4. The number of ether oxygens (including phenoxy) is 1. The van der Waals surface area contributed by atoms with Gasteiger partial charge in [0.05, 0.1) is 0 Å². The van der Waals surface area contributed by atoms with E-state index in [4.69, 9.17) is 27.9 Å². The molecule has 2 aromatic rings. The summed E-state index contributed by atoms with van der Waals surface area (Å²) in [6.07, 6.45) is 6.56. The molecule has 0 aliphatic carbocycles. The van der Waals surface area contributed by atoms with Crippen molar-refractivity contribution in [2.45, 2.75) is 36.6 Å². The van der Waals surface area contributed by atoms with Crippen molar-refractivity contribution in [3.05, 3.63) is 81.9 Å². The van der Waals surface area contributed by atoms with Crippen molar-refractivity contribution < 1.29 is 14.6 Å². The number of likely N-dealkylation sites (N-methyl/N-ethyl adjacent to an activating group) is 1. The Bertz CT molecular complexity index is 865. The Morgan fingerprint density at radius 1 is 1.11 bits per heavy atom. The van der Waals surface area contributed by atoms with Crippen LogP contribution in [0.25, 0.3) is 0 Å². The number of aliphatic hydroxyl groups is 1. The van der Waals surface area contributed by atoms with Crippen LogP contribution < -0.4 is 0 Å². The molecule has 6 heteroatoms. The molecule has 0 aromatic heterocycles. The maximum Gasteiger partial charge on any atom is 0.349 e. The summed E-state index contributed by atoms with van der Waals surface area (Å²) in [6.45, 7) is 0. The Morgan fingerprint density at radius 3 is 2.18 bits per heavy atom. The summed E-state index contributed by atoms with van der Waals surface area (Å²) in [5.41, 5.74) is -2.03. The molecule has 0 radical (unpaired) electrons. The summed E-state index contributed by atoms with van der Waals surface area (Å²) in [7, 11) is 1.96. The van der Waals surface area contributed by atoms with Crippen molar-refractivity contribution in [1.82, 2.24) is 4.90 Å². The number of hydrogen-bond acceptors (Lipinski definition) is 4. The van der Waals surface area contributed by atoms with E-state index in [1.807, 2.05) is 13.1 Å². The number of benzene rings is 2. The molecule has 0 spiro atoms. The zero-order valence-electron chi connectivity index (χ0n) is 15.4. The SMILES string of the molecule is CN1[C@@H]2CC=C[C@@]1(OC(=O)C(O)(c1ccc(Cl)cc1)c1ccc(Cl)cc1)CC2. The number of carbonyl (C=O) groups excluding carboxylic acids is 1.